The van der Waals surface area contributed by atoms with Crippen molar-refractivity contribution in [2.45, 2.75) is 29.8 Å². The molecule has 140 valence electrons. The molecule has 0 saturated carbocycles. The Bertz CT molecular complexity index is 908. The number of pyridine rings is 1. The summed E-state index contributed by atoms with van der Waals surface area (Å²) in [4.78, 5) is 15.7. The zero-order valence-corrected chi connectivity index (χ0v) is 15.1. The number of benzene rings is 1. The monoisotopic (exact) mass is 407 g/mol. The molecule has 1 aromatic carbocycles. The Morgan fingerprint density at radius 3 is 2.12 bits per heavy atom. The van der Waals surface area contributed by atoms with Crippen LogP contribution >= 0.6 is 11.6 Å². The molecule has 0 bridgehead atoms. The van der Waals surface area contributed by atoms with Crippen molar-refractivity contribution in [3.63, 3.8) is 0 Å². The number of carbonyl (C=O) groups is 1. The van der Waals surface area contributed by atoms with Gasteiger partial charge < -0.3 is 4.74 Å². The third-order valence-electron chi connectivity index (χ3n) is 3.53. The molecular formula is C16H13ClF3NO4S. The lowest BCUT2D eigenvalue weighted by Crippen LogP contribution is -2.43. The first kappa shape index (κ1) is 20.2. The number of halogens is 4. The van der Waals surface area contributed by atoms with Crippen molar-refractivity contribution < 1.29 is 31.1 Å². The van der Waals surface area contributed by atoms with Crippen LogP contribution in [0.4, 0.5) is 13.2 Å². The van der Waals surface area contributed by atoms with Gasteiger partial charge in [-0.25, -0.2) is 18.2 Å². The lowest BCUT2D eigenvalue weighted by molar-refractivity contribution is -0.138. The van der Waals surface area contributed by atoms with Crippen molar-refractivity contribution in [3.8, 4) is 5.75 Å². The minimum Gasteiger partial charge on any atom is -0.425 e. The second-order valence-electron chi connectivity index (χ2n) is 5.74. The van der Waals surface area contributed by atoms with Crippen molar-refractivity contribution in [1.29, 1.82) is 0 Å². The Kier molecular flexibility index (Phi) is 5.34. The molecule has 1 aromatic heterocycles. The van der Waals surface area contributed by atoms with Crippen LogP contribution in [-0.4, -0.2) is 24.1 Å². The summed E-state index contributed by atoms with van der Waals surface area (Å²) in [5.74, 6) is -1.04. The van der Waals surface area contributed by atoms with Crippen LogP contribution in [0, 0.1) is 0 Å². The molecule has 5 nitrogen and oxygen atoms in total. The maximum atomic E-state index is 12.6. The normalized spacial score (nSPS) is 12.7. The molecule has 0 aliphatic heterocycles. The number of alkyl halides is 3. The number of nitrogens with zero attached hydrogens (tertiary/aromatic N) is 1. The molecule has 2 rings (SSSR count). The molecule has 0 radical (unpaired) electrons. The van der Waals surface area contributed by atoms with Crippen LogP contribution in [0.2, 0.25) is 5.02 Å². The smallest absolute Gasteiger partial charge is 0.417 e. The average molecular weight is 408 g/mol. The molecule has 0 N–H and O–H groups in total. The predicted molar refractivity (Wildman–Crippen MR) is 87.6 cm³/mol. The fourth-order valence-corrected chi connectivity index (χ4v) is 3.16. The molecule has 10 heteroatoms. The maximum absolute atomic E-state index is 12.6. The predicted octanol–water partition coefficient (Wildman–Crippen LogP) is 3.91. The molecular weight excluding hydrogens is 395 g/mol. The van der Waals surface area contributed by atoms with E-state index in [1.165, 1.54) is 24.3 Å². The summed E-state index contributed by atoms with van der Waals surface area (Å²) in [7, 11) is -4.41. The van der Waals surface area contributed by atoms with Crippen LogP contribution in [0.1, 0.15) is 19.4 Å². The Morgan fingerprint density at radius 1 is 1.08 bits per heavy atom. The quantitative estimate of drug-likeness (QED) is 0.567. The van der Waals surface area contributed by atoms with Crippen LogP contribution < -0.4 is 4.74 Å². The van der Waals surface area contributed by atoms with Gasteiger partial charge in [0.25, 0.3) is 0 Å². The highest BCUT2D eigenvalue weighted by Gasteiger charge is 2.46. The number of hydrogen-bond donors (Lipinski definition) is 0. The number of rotatable bonds is 4. The van der Waals surface area contributed by atoms with E-state index in [0.717, 1.165) is 13.8 Å². The molecule has 0 unspecified atom stereocenters. The van der Waals surface area contributed by atoms with Gasteiger partial charge in [-0.3, -0.25) is 0 Å². The van der Waals surface area contributed by atoms with Gasteiger partial charge in [0, 0.05) is 11.2 Å². The molecule has 0 aliphatic carbocycles. The number of ether oxygens (including phenoxy) is 1. The average Bonchev–Trinajstić information content (AvgIpc) is 2.56. The fraction of sp³-hybridized carbons (Fsp3) is 0.250. The van der Waals surface area contributed by atoms with Gasteiger partial charge in [0.05, 0.1) is 5.56 Å². The maximum Gasteiger partial charge on any atom is 0.417 e. The Balaban J connectivity index is 2.30. The van der Waals surface area contributed by atoms with E-state index in [1.807, 2.05) is 0 Å². The van der Waals surface area contributed by atoms with Gasteiger partial charge in [0.2, 0.25) is 9.84 Å². The highest BCUT2D eigenvalue weighted by molar-refractivity contribution is 7.93. The molecule has 2 aromatic rings. The number of carbonyl (C=O) groups excluding carboxylic acids is 1. The molecule has 0 atom stereocenters. The molecule has 26 heavy (non-hydrogen) atoms. The zero-order chi connectivity index (χ0) is 19.8. The van der Waals surface area contributed by atoms with Crippen LogP contribution in [0.15, 0.2) is 47.6 Å². The summed E-state index contributed by atoms with van der Waals surface area (Å²) in [5, 5.41) is -0.269. The number of aromatic nitrogens is 1. The van der Waals surface area contributed by atoms with Crippen LogP contribution in [0.3, 0.4) is 0 Å². The lowest BCUT2D eigenvalue weighted by Gasteiger charge is -2.22. The molecule has 0 spiro atoms. The second-order valence-corrected chi connectivity index (χ2v) is 8.62. The van der Waals surface area contributed by atoms with Gasteiger partial charge in [0.15, 0.2) is 9.77 Å². The van der Waals surface area contributed by atoms with Crippen LogP contribution in [0.25, 0.3) is 0 Å². The number of sulfone groups is 1. The van der Waals surface area contributed by atoms with Gasteiger partial charge in [-0.15, -0.1) is 0 Å². The van der Waals surface area contributed by atoms with Crippen molar-refractivity contribution in [1.82, 2.24) is 4.98 Å². The second kappa shape index (κ2) is 6.88. The number of esters is 1. The zero-order valence-electron chi connectivity index (χ0n) is 13.5. The lowest BCUT2D eigenvalue weighted by atomic mass is 10.2. The first-order chi connectivity index (χ1) is 11.9. The summed E-state index contributed by atoms with van der Waals surface area (Å²) < 4.78 is 65.9. The SMILES string of the molecule is CC(C)(C(=O)Oc1ccc(Cl)cc1)S(=O)(=O)c1ccc(C(F)(F)F)cn1. The van der Waals surface area contributed by atoms with Gasteiger partial charge >= 0.3 is 12.1 Å². The van der Waals surface area contributed by atoms with E-state index in [-0.39, 0.29) is 5.75 Å². The van der Waals surface area contributed by atoms with E-state index >= 15 is 0 Å². The first-order valence-corrected chi connectivity index (χ1v) is 8.97. The van der Waals surface area contributed by atoms with Crippen molar-refractivity contribution in [3.05, 3.63) is 53.2 Å². The van der Waals surface area contributed by atoms with Gasteiger partial charge in [-0.2, -0.15) is 13.2 Å². The van der Waals surface area contributed by atoms with Crippen molar-refractivity contribution >= 4 is 27.4 Å². The van der Waals surface area contributed by atoms with Gasteiger partial charge in [-0.1, -0.05) is 11.6 Å². The van der Waals surface area contributed by atoms with Gasteiger partial charge in [-0.05, 0) is 50.2 Å². The highest BCUT2D eigenvalue weighted by Crippen LogP contribution is 2.31. The van der Waals surface area contributed by atoms with E-state index < -0.39 is 37.3 Å². The largest absolute Gasteiger partial charge is 0.425 e. The molecule has 0 amide bonds. The first-order valence-electron chi connectivity index (χ1n) is 7.11. The van der Waals surface area contributed by atoms with E-state index in [0.29, 0.717) is 23.4 Å². The minimum atomic E-state index is -4.65. The third kappa shape index (κ3) is 3.99. The Hall–Kier alpha value is -2.13. The third-order valence-corrected chi connectivity index (χ3v) is 6.08. The summed E-state index contributed by atoms with van der Waals surface area (Å²) in [6.07, 6.45) is -4.26. The highest BCUT2D eigenvalue weighted by atomic mass is 35.5. The van der Waals surface area contributed by atoms with E-state index in [1.54, 1.807) is 0 Å². The van der Waals surface area contributed by atoms with Crippen molar-refractivity contribution in [2.24, 2.45) is 0 Å². The Morgan fingerprint density at radius 2 is 1.65 bits per heavy atom. The summed E-state index contributed by atoms with van der Waals surface area (Å²) in [5.41, 5.74) is -1.10. The fourth-order valence-electron chi connectivity index (χ4n) is 1.81. The van der Waals surface area contributed by atoms with Crippen molar-refractivity contribution in [2.75, 3.05) is 0 Å². The molecule has 0 fully saturated rings. The van der Waals surface area contributed by atoms with Crippen LogP contribution in [0.5, 0.6) is 5.75 Å². The van der Waals surface area contributed by atoms with E-state index in [9.17, 15) is 26.4 Å². The summed E-state index contributed by atoms with van der Waals surface area (Å²) in [6, 6.07) is 6.93. The minimum absolute atomic E-state index is 0.0723. The summed E-state index contributed by atoms with van der Waals surface area (Å²) >= 11 is 5.71. The van der Waals surface area contributed by atoms with E-state index in [4.69, 9.17) is 16.3 Å². The standard InChI is InChI=1S/C16H13ClF3NO4S/c1-15(2,14(22)25-12-6-4-11(17)5-7-12)26(23,24)13-8-3-10(9-21-13)16(18,19)20/h3-9H,1-2H3. The molecule has 0 aliphatic rings. The van der Waals surface area contributed by atoms with E-state index in [2.05, 4.69) is 4.98 Å². The Labute approximate surface area is 152 Å². The van der Waals surface area contributed by atoms with Crippen LogP contribution in [-0.2, 0) is 20.8 Å². The number of hydrogen-bond acceptors (Lipinski definition) is 5. The molecule has 1 heterocycles. The topological polar surface area (TPSA) is 73.3 Å². The molecule has 0 saturated heterocycles. The summed E-state index contributed by atoms with van der Waals surface area (Å²) in [6.45, 7) is 2.17. The van der Waals surface area contributed by atoms with Gasteiger partial charge in [0.1, 0.15) is 5.75 Å².